The van der Waals surface area contributed by atoms with Crippen LogP contribution in [0, 0.1) is 12.8 Å². The molecule has 15 heavy (non-hydrogen) atoms. The maximum atomic E-state index is 4.49. The van der Waals surface area contributed by atoms with Crippen LogP contribution in [-0.4, -0.2) is 29.2 Å². The molecule has 0 aliphatic heterocycles. The second kappa shape index (κ2) is 6.13. The standard InChI is InChI=1S/C12H20N2S/c1-10(9-15)7-14(3)8-12-6-4-5-11(2)13-12/h4-6,10,15H,7-9H2,1-3H3. The zero-order valence-corrected chi connectivity index (χ0v) is 10.7. The zero-order valence-electron chi connectivity index (χ0n) is 9.77. The fourth-order valence-electron chi connectivity index (χ4n) is 1.62. The molecule has 0 saturated carbocycles. The molecule has 1 unspecified atom stereocenters. The van der Waals surface area contributed by atoms with Gasteiger partial charge in [-0.2, -0.15) is 12.6 Å². The van der Waals surface area contributed by atoms with E-state index in [1.54, 1.807) is 0 Å². The third-order valence-electron chi connectivity index (χ3n) is 2.31. The molecule has 0 saturated heterocycles. The predicted octanol–water partition coefficient (Wildman–Crippen LogP) is 2.39. The molecule has 0 N–H and O–H groups in total. The molecule has 0 aromatic carbocycles. The first-order chi connectivity index (χ1) is 7.11. The Hall–Kier alpha value is -0.540. The Labute approximate surface area is 98.1 Å². The third kappa shape index (κ3) is 4.67. The van der Waals surface area contributed by atoms with E-state index in [0.717, 1.165) is 30.2 Å². The van der Waals surface area contributed by atoms with Gasteiger partial charge < -0.3 is 4.90 Å². The molecule has 2 nitrogen and oxygen atoms in total. The SMILES string of the molecule is Cc1cccc(CN(C)CC(C)CS)n1. The number of thiol groups is 1. The van der Waals surface area contributed by atoms with E-state index < -0.39 is 0 Å². The van der Waals surface area contributed by atoms with Gasteiger partial charge in [-0.05, 0) is 37.8 Å². The van der Waals surface area contributed by atoms with E-state index in [0.29, 0.717) is 5.92 Å². The van der Waals surface area contributed by atoms with Crippen molar-refractivity contribution in [2.24, 2.45) is 5.92 Å². The van der Waals surface area contributed by atoms with Crippen LogP contribution < -0.4 is 0 Å². The molecular formula is C12H20N2S. The number of nitrogens with zero attached hydrogens (tertiary/aromatic N) is 2. The lowest BCUT2D eigenvalue weighted by atomic mass is 10.2. The van der Waals surface area contributed by atoms with Crippen molar-refractivity contribution in [3.63, 3.8) is 0 Å². The van der Waals surface area contributed by atoms with Crippen molar-refractivity contribution in [3.8, 4) is 0 Å². The van der Waals surface area contributed by atoms with Crippen LogP contribution in [0.4, 0.5) is 0 Å². The normalized spacial score (nSPS) is 13.1. The maximum absolute atomic E-state index is 4.49. The Morgan fingerprint density at radius 2 is 2.20 bits per heavy atom. The second-order valence-corrected chi connectivity index (χ2v) is 4.62. The average molecular weight is 224 g/mol. The molecule has 1 heterocycles. The summed E-state index contributed by atoms with van der Waals surface area (Å²) in [7, 11) is 2.13. The van der Waals surface area contributed by atoms with Gasteiger partial charge in [0, 0.05) is 18.8 Å². The molecule has 1 atom stereocenters. The van der Waals surface area contributed by atoms with Crippen LogP contribution in [0.2, 0.25) is 0 Å². The zero-order chi connectivity index (χ0) is 11.3. The number of aryl methyl sites for hydroxylation is 1. The van der Waals surface area contributed by atoms with Gasteiger partial charge in [0.2, 0.25) is 0 Å². The summed E-state index contributed by atoms with van der Waals surface area (Å²) >= 11 is 4.29. The highest BCUT2D eigenvalue weighted by molar-refractivity contribution is 7.80. The second-order valence-electron chi connectivity index (χ2n) is 4.25. The van der Waals surface area contributed by atoms with Gasteiger partial charge in [-0.3, -0.25) is 4.98 Å². The van der Waals surface area contributed by atoms with Gasteiger partial charge in [0.1, 0.15) is 0 Å². The van der Waals surface area contributed by atoms with Crippen LogP contribution in [0.15, 0.2) is 18.2 Å². The van der Waals surface area contributed by atoms with Gasteiger partial charge in [-0.15, -0.1) is 0 Å². The van der Waals surface area contributed by atoms with Crippen LogP contribution in [0.3, 0.4) is 0 Å². The smallest absolute Gasteiger partial charge is 0.0547 e. The molecule has 1 aromatic heterocycles. The Morgan fingerprint density at radius 1 is 1.47 bits per heavy atom. The molecule has 0 aliphatic carbocycles. The monoisotopic (exact) mass is 224 g/mol. The molecule has 1 aromatic rings. The summed E-state index contributed by atoms with van der Waals surface area (Å²) in [5, 5.41) is 0. The fourth-order valence-corrected chi connectivity index (χ4v) is 1.73. The molecule has 0 aliphatic rings. The summed E-state index contributed by atoms with van der Waals surface area (Å²) in [6.07, 6.45) is 0. The Kier molecular flexibility index (Phi) is 5.12. The summed E-state index contributed by atoms with van der Waals surface area (Å²) in [5.41, 5.74) is 2.23. The van der Waals surface area contributed by atoms with Crippen LogP contribution in [0.5, 0.6) is 0 Å². The van der Waals surface area contributed by atoms with Crippen molar-refractivity contribution in [1.82, 2.24) is 9.88 Å². The van der Waals surface area contributed by atoms with Crippen molar-refractivity contribution in [3.05, 3.63) is 29.6 Å². The van der Waals surface area contributed by atoms with E-state index in [-0.39, 0.29) is 0 Å². The van der Waals surface area contributed by atoms with E-state index in [2.05, 4.69) is 48.6 Å². The van der Waals surface area contributed by atoms with E-state index >= 15 is 0 Å². The highest BCUT2D eigenvalue weighted by atomic mass is 32.1. The lowest BCUT2D eigenvalue weighted by molar-refractivity contribution is 0.287. The molecule has 0 spiro atoms. The number of hydrogen-bond acceptors (Lipinski definition) is 3. The number of aromatic nitrogens is 1. The van der Waals surface area contributed by atoms with Gasteiger partial charge in [-0.1, -0.05) is 13.0 Å². The maximum Gasteiger partial charge on any atom is 0.0547 e. The highest BCUT2D eigenvalue weighted by Crippen LogP contribution is 2.05. The van der Waals surface area contributed by atoms with Gasteiger partial charge in [0.05, 0.1) is 5.69 Å². The van der Waals surface area contributed by atoms with Crippen LogP contribution in [-0.2, 0) is 6.54 Å². The Balaban J connectivity index is 2.47. The van der Waals surface area contributed by atoms with Gasteiger partial charge in [-0.25, -0.2) is 0 Å². The molecular weight excluding hydrogens is 204 g/mol. The summed E-state index contributed by atoms with van der Waals surface area (Å²) in [5.74, 6) is 1.56. The minimum atomic E-state index is 0.628. The molecule has 0 radical (unpaired) electrons. The molecule has 3 heteroatoms. The van der Waals surface area contributed by atoms with E-state index in [1.807, 2.05) is 13.0 Å². The Morgan fingerprint density at radius 3 is 2.80 bits per heavy atom. The average Bonchev–Trinajstić information content (AvgIpc) is 2.17. The van der Waals surface area contributed by atoms with Gasteiger partial charge >= 0.3 is 0 Å². The summed E-state index contributed by atoms with van der Waals surface area (Å²) in [6, 6.07) is 6.17. The summed E-state index contributed by atoms with van der Waals surface area (Å²) < 4.78 is 0. The molecule has 0 bridgehead atoms. The van der Waals surface area contributed by atoms with Crippen LogP contribution in [0.25, 0.3) is 0 Å². The summed E-state index contributed by atoms with van der Waals surface area (Å²) in [6.45, 7) is 6.23. The van der Waals surface area contributed by atoms with Crippen molar-refractivity contribution in [1.29, 1.82) is 0 Å². The number of rotatable bonds is 5. The number of pyridine rings is 1. The van der Waals surface area contributed by atoms with E-state index in [1.165, 1.54) is 0 Å². The predicted molar refractivity (Wildman–Crippen MR) is 68.3 cm³/mol. The van der Waals surface area contributed by atoms with Crippen LogP contribution >= 0.6 is 12.6 Å². The largest absolute Gasteiger partial charge is 0.300 e. The fraction of sp³-hybridized carbons (Fsp3) is 0.583. The lowest BCUT2D eigenvalue weighted by Crippen LogP contribution is -2.25. The number of hydrogen-bond donors (Lipinski definition) is 1. The molecule has 0 fully saturated rings. The first-order valence-corrected chi connectivity index (χ1v) is 5.97. The quantitative estimate of drug-likeness (QED) is 0.773. The van der Waals surface area contributed by atoms with Gasteiger partial charge in [0.25, 0.3) is 0 Å². The van der Waals surface area contributed by atoms with Crippen molar-refractivity contribution < 1.29 is 0 Å². The summed E-state index contributed by atoms with van der Waals surface area (Å²) in [4.78, 5) is 6.78. The molecule has 84 valence electrons. The molecule has 1 rings (SSSR count). The van der Waals surface area contributed by atoms with E-state index in [9.17, 15) is 0 Å². The van der Waals surface area contributed by atoms with Crippen LogP contribution in [0.1, 0.15) is 18.3 Å². The third-order valence-corrected chi connectivity index (χ3v) is 2.94. The van der Waals surface area contributed by atoms with Crippen molar-refractivity contribution >= 4 is 12.6 Å². The first kappa shape index (κ1) is 12.5. The highest BCUT2D eigenvalue weighted by Gasteiger charge is 2.05. The van der Waals surface area contributed by atoms with Gasteiger partial charge in [0.15, 0.2) is 0 Å². The minimum Gasteiger partial charge on any atom is -0.300 e. The van der Waals surface area contributed by atoms with E-state index in [4.69, 9.17) is 0 Å². The Bertz CT molecular complexity index is 301. The minimum absolute atomic E-state index is 0.628. The first-order valence-electron chi connectivity index (χ1n) is 5.33. The lowest BCUT2D eigenvalue weighted by Gasteiger charge is -2.19. The molecule has 0 amide bonds. The van der Waals surface area contributed by atoms with Crippen molar-refractivity contribution in [2.75, 3.05) is 19.3 Å². The topological polar surface area (TPSA) is 16.1 Å². The van der Waals surface area contributed by atoms with Crippen molar-refractivity contribution in [2.45, 2.75) is 20.4 Å².